The second kappa shape index (κ2) is 12.6. The lowest BCUT2D eigenvalue weighted by molar-refractivity contribution is -0.143. The predicted octanol–water partition coefficient (Wildman–Crippen LogP) is 3.81. The SMILES string of the molecule is COC(=O)[C@H](Cc1ccc(OCc2ccccc2)c(OC=O)c1)NC(=O)OCc1ccccc1. The van der Waals surface area contributed by atoms with E-state index in [1.165, 1.54) is 7.11 Å². The smallest absolute Gasteiger partial charge is 0.408 e. The summed E-state index contributed by atoms with van der Waals surface area (Å²) in [6, 6.07) is 22.6. The van der Waals surface area contributed by atoms with E-state index in [4.69, 9.17) is 18.9 Å². The quantitative estimate of drug-likeness (QED) is 0.341. The van der Waals surface area contributed by atoms with Crippen LogP contribution >= 0.6 is 0 Å². The van der Waals surface area contributed by atoms with Gasteiger partial charge in [0.25, 0.3) is 6.47 Å². The maximum Gasteiger partial charge on any atom is 0.408 e. The van der Waals surface area contributed by atoms with Crippen LogP contribution in [0.5, 0.6) is 11.5 Å². The number of nitrogens with one attached hydrogen (secondary N) is 1. The number of hydrogen-bond donors (Lipinski definition) is 1. The van der Waals surface area contributed by atoms with Gasteiger partial charge in [-0.1, -0.05) is 66.7 Å². The summed E-state index contributed by atoms with van der Waals surface area (Å²) in [7, 11) is 1.23. The largest absolute Gasteiger partial charge is 0.485 e. The number of amides is 1. The van der Waals surface area contributed by atoms with Crippen LogP contribution < -0.4 is 14.8 Å². The molecule has 0 saturated heterocycles. The average molecular weight is 463 g/mol. The molecular formula is C26H25NO7. The summed E-state index contributed by atoms with van der Waals surface area (Å²) in [4.78, 5) is 35.5. The first-order valence-corrected chi connectivity index (χ1v) is 10.5. The van der Waals surface area contributed by atoms with Crippen LogP contribution in [0, 0.1) is 0 Å². The lowest BCUT2D eigenvalue weighted by Crippen LogP contribution is -2.43. The van der Waals surface area contributed by atoms with Crippen LogP contribution in [0.1, 0.15) is 16.7 Å². The fourth-order valence-electron chi connectivity index (χ4n) is 3.16. The molecule has 0 heterocycles. The first-order chi connectivity index (χ1) is 16.6. The highest BCUT2D eigenvalue weighted by atomic mass is 16.6. The van der Waals surface area contributed by atoms with Crippen LogP contribution in [-0.4, -0.2) is 31.7 Å². The molecule has 0 spiro atoms. The third-order valence-electron chi connectivity index (χ3n) is 4.85. The van der Waals surface area contributed by atoms with Crippen molar-refractivity contribution in [1.29, 1.82) is 0 Å². The van der Waals surface area contributed by atoms with Gasteiger partial charge in [0.1, 0.15) is 19.3 Å². The van der Waals surface area contributed by atoms with E-state index in [1.54, 1.807) is 18.2 Å². The van der Waals surface area contributed by atoms with Crippen LogP contribution in [0.4, 0.5) is 4.79 Å². The molecule has 1 amide bonds. The molecule has 8 heteroatoms. The van der Waals surface area contributed by atoms with Crippen molar-refractivity contribution >= 4 is 18.5 Å². The van der Waals surface area contributed by atoms with Gasteiger partial charge in [0.2, 0.25) is 0 Å². The molecule has 176 valence electrons. The van der Waals surface area contributed by atoms with E-state index in [2.05, 4.69) is 5.32 Å². The Morgan fingerprint density at radius 2 is 1.50 bits per heavy atom. The summed E-state index contributed by atoms with van der Waals surface area (Å²) in [5.74, 6) is -0.0813. The Balaban J connectivity index is 1.66. The van der Waals surface area contributed by atoms with Gasteiger partial charge in [0, 0.05) is 6.42 Å². The summed E-state index contributed by atoms with van der Waals surface area (Å²) in [6.45, 7) is 0.645. The van der Waals surface area contributed by atoms with Crippen molar-refractivity contribution in [3.63, 3.8) is 0 Å². The third-order valence-corrected chi connectivity index (χ3v) is 4.85. The van der Waals surface area contributed by atoms with Gasteiger partial charge in [0.15, 0.2) is 11.5 Å². The van der Waals surface area contributed by atoms with Crippen molar-refractivity contribution in [1.82, 2.24) is 5.32 Å². The molecule has 0 aliphatic rings. The Hall–Kier alpha value is -4.33. The summed E-state index contributed by atoms with van der Waals surface area (Å²) >= 11 is 0. The number of alkyl carbamates (subject to hydrolysis) is 1. The first kappa shape index (κ1) is 24.3. The first-order valence-electron chi connectivity index (χ1n) is 10.5. The Morgan fingerprint density at radius 1 is 0.853 bits per heavy atom. The van der Waals surface area contributed by atoms with Gasteiger partial charge in [0.05, 0.1) is 7.11 Å². The zero-order valence-electron chi connectivity index (χ0n) is 18.6. The molecule has 0 radical (unpaired) electrons. The highest BCUT2D eigenvalue weighted by Crippen LogP contribution is 2.29. The molecule has 0 saturated carbocycles. The molecule has 0 aliphatic carbocycles. The van der Waals surface area contributed by atoms with E-state index in [9.17, 15) is 14.4 Å². The van der Waals surface area contributed by atoms with Crippen molar-refractivity contribution in [3.8, 4) is 11.5 Å². The van der Waals surface area contributed by atoms with Gasteiger partial charge in [-0.3, -0.25) is 4.79 Å². The van der Waals surface area contributed by atoms with E-state index < -0.39 is 18.1 Å². The van der Waals surface area contributed by atoms with Crippen LogP contribution in [0.3, 0.4) is 0 Å². The number of carbonyl (C=O) groups is 3. The molecule has 0 aliphatic heterocycles. The summed E-state index contributed by atoms with van der Waals surface area (Å²) in [5.41, 5.74) is 2.38. The van der Waals surface area contributed by atoms with E-state index in [0.717, 1.165) is 11.1 Å². The molecule has 1 atom stereocenters. The van der Waals surface area contributed by atoms with Gasteiger partial charge < -0.3 is 24.3 Å². The zero-order chi connectivity index (χ0) is 24.2. The van der Waals surface area contributed by atoms with Crippen molar-refractivity contribution in [2.75, 3.05) is 7.11 Å². The fourth-order valence-corrected chi connectivity index (χ4v) is 3.16. The zero-order valence-corrected chi connectivity index (χ0v) is 18.6. The Kier molecular flexibility index (Phi) is 9.04. The van der Waals surface area contributed by atoms with E-state index in [1.807, 2.05) is 60.7 Å². The molecule has 0 fully saturated rings. The van der Waals surface area contributed by atoms with E-state index in [-0.39, 0.29) is 25.4 Å². The normalized spacial score (nSPS) is 11.1. The molecular weight excluding hydrogens is 438 g/mol. The monoisotopic (exact) mass is 463 g/mol. The van der Waals surface area contributed by atoms with Gasteiger partial charge >= 0.3 is 12.1 Å². The molecule has 8 nitrogen and oxygen atoms in total. The number of hydrogen-bond acceptors (Lipinski definition) is 7. The minimum Gasteiger partial charge on any atom is -0.485 e. The Morgan fingerprint density at radius 3 is 2.12 bits per heavy atom. The second-order valence-corrected chi connectivity index (χ2v) is 7.26. The molecule has 1 N–H and O–H groups in total. The van der Waals surface area contributed by atoms with Crippen LogP contribution in [0.2, 0.25) is 0 Å². The molecule has 3 rings (SSSR count). The van der Waals surface area contributed by atoms with Crippen LogP contribution in [-0.2, 0) is 38.7 Å². The number of esters is 1. The molecule has 0 unspecified atom stereocenters. The van der Waals surface area contributed by atoms with E-state index in [0.29, 0.717) is 17.8 Å². The maximum atomic E-state index is 12.3. The number of carbonyl (C=O) groups excluding carboxylic acids is 3. The fraction of sp³-hybridized carbons (Fsp3) is 0.192. The van der Waals surface area contributed by atoms with Crippen LogP contribution in [0.25, 0.3) is 0 Å². The Labute approximate surface area is 197 Å². The van der Waals surface area contributed by atoms with Gasteiger partial charge in [-0.2, -0.15) is 0 Å². The number of rotatable bonds is 11. The van der Waals surface area contributed by atoms with Crippen molar-refractivity contribution < 1.29 is 33.3 Å². The summed E-state index contributed by atoms with van der Waals surface area (Å²) in [6.07, 6.45) is -0.673. The predicted molar refractivity (Wildman–Crippen MR) is 123 cm³/mol. The lowest BCUT2D eigenvalue weighted by Gasteiger charge is -2.17. The van der Waals surface area contributed by atoms with Gasteiger partial charge in [-0.25, -0.2) is 9.59 Å². The summed E-state index contributed by atoms with van der Waals surface area (Å²) in [5, 5.41) is 2.52. The number of benzene rings is 3. The van der Waals surface area contributed by atoms with Crippen LogP contribution in [0.15, 0.2) is 78.9 Å². The molecule has 0 aromatic heterocycles. The lowest BCUT2D eigenvalue weighted by atomic mass is 10.1. The summed E-state index contributed by atoms with van der Waals surface area (Å²) < 4.78 is 20.9. The highest BCUT2D eigenvalue weighted by Gasteiger charge is 2.23. The molecule has 3 aromatic carbocycles. The average Bonchev–Trinajstić information content (AvgIpc) is 2.87. The van der Waals surface area contributed by atoms with Gasteiger partial charge in [-0.15, -0.1) is 0 Å². The third kappa shape index (κ3) is 7.37. The van der Waals surface area contributed by atoms with Gasteiger partial charge in [-0.05, 0) is 28.8 Å². The number of ether oxygens (including phenoxy) is 4. The maximum absolute atomic E-state index is 12.3. The molecule has 0 bridgehead atoms. The van der Waals surface area contributed by atoms with Crippen molar-refractivity contribution in [2.24, 2.45) is 0 Å². The van der Waals surface area contributed by atoms with Crippen molar-refractivity contribution in [3.05, 3.63) is 95.6 Å². The highest BCUT2D eigenvalue weighted by molar-refractivity contribution is 5.81. The topological polar surface area (TPSA) is 100 Å². The van der Waals surface area contributed by atoms with Crippen molar-refractivity contribution in [2.45, 2.75) is 25.7 Å². The second-order valence-electron chi connectivity index (χ2n) is 7.26. The van der Waals surface area contributed by atoms with E-state index >= 15 is 0 Å². The minimum absolute atomic E-state index is 0.0609. The molecule has 34 heavy (non-hydrogen) atoms. The number of methoxy groups -OCH3 is 1. The minimum atomic E-state index is -1.01. The standard InChI is InChI=1S/C26H25NO7/c1-31-25(29)22(27-26(30)33-17-20-10-6-3-7-11-20)14-21-12-13-23(24(15-21)34-18-28)32-16-19-8-4-2-5-9-19/h2-13,15,18,22H,14,16-17H2,1H3,(H,27,30)/t22-/m0/s1. The Bertz CT molecular complexity index is 1090. The molecule has 3 aromatic rings.